The zero-order valence-electron chi connectivity index (χ0n) is 10.8. The standard InChI is InChI=1S/C11H17ClFN3O2S/c1-3-16(2)5-4-15-19(17,18)10-7-8(14)6-9(12)11(10)13/h6-7,15H,3-5,14H2,1-2H3. The van der Waals surface area contributed by atoms with Crippen molar-refractivity contribution in [3.63, 3.8) is 0 Å². The van der Waals surface area contributed by atoms with Gasteiger partial charge in [0.1, 0.15) is 4.90 Å². The van der Waals surface area contributed by atoms with Gasteiger partial charge < -0.3 is 10.6 Å². The van der Waals surface area contributed by atoms with Crippen LogP contribution >= 0.6 is 11.6 Å². The Morgan fingerprint density at radius 3 is 2.68 bits per heavy atom. The van der Waals surface area contributed by atoms with Crippen molar-refractivity contribution in [1.29, 1.82) is 0 Å². The van der Waals surface area contributed by atoms with E-state index >= 15 is 0 Å². The van der Waals surface area contributed by atoms with Crippen LogP contribution in [0.25, 0.3) is 0 Å². The average Bonchev–Trinajstić information content (AvgIpc) is 2.33. The summed E-state index contributed by atoms with van der Waals surface area (Å²) < 4.78 is 39.9. The maximum Gasteiger partial charge on any atom is 0.243 e. The number of nitrogens with one attached hydrogen (secondary N) is 1. The number of hydrogen-bond donors (Lipinski definition) is 2. The molecule has 5 nitrogen and oxygen atoms in total. The number of sulfonamides is 1. The van der Waals surface area contributed by atoms with Gasteiger partial charge in [-0.15, -0.1) is 0 Å². The fraction of sp³-hybridized carbons (Fsp3) is 0.455. The predicted octanol–water partition coefficient (Wildman–Crippen LogP) is 1.29. The minimum Gasteiger partial charge on any atom is -0.399 e. The smallest absolute Gasteiger partial charge is 0.243 e. The summed E-state index contributed by atoms with van der Waals surface area (Å²) in [4.78, 5) is 1.39. The zero-order chi connectivity index (χ0) is 14.6. The first-order chi connectivity index (χ1) is 8.77. The lowest BCUT2D eigenvalue weighted by Gasteiger charge is -2.14. The number of hydrogen-bond acceptors (Lipinski definition) is 4. The second-order valence-electron chi connectivity index (χ2n) is 4.11. The number of nitrogens with zero attached hydrogens (tertiary/aromatic N) is 1. The fourth-order valence-electron chi connectivity index (χ4n) is 1.39. The van der Waals surface area contributed by atoms with Crippen LogP contribution < -0.4 is 10.5 Å². The van der Waals surface area contributed by atoms with Crippen molar-refractivity contribution in [3.05, 3.63) is 23.0 Å². The van der Waals surface area contributed by atoms with E-state index in [9.17, 15) is 12.8 Å². The molecule has 1 aromatic carbocycles. The van der Waals surface area contributed by atoms with E-state index in [4.69, 9.17) is 17.3 Å². The van der Waals surface area contributed by atoms with E-state index in [1.165, 1.54) is 6.07 Å². The molecule has 0 aromatic heterocycles. The van der Waals surface area contributed by atoms with Crippen LogP contribution in [0.15, 0.2) is 17.0 Å². The molecular weight excluding hydrogens is 293 g/mol. The Kier molecular flexibility index (Phi) is 5.54. The van der Waals surface area contributed by atoms with Crippen molar-refractivity contribution in [1.82, 2.24) is 9.62 Å². The topological polar surface area (TPSA) is 75.4 Å². The van der Waals surface area contributed by atoms with Gasteiger partial charge in [-0.05, 0) is 25.7 Å². The van der Waals surface area contributed by atoms with Crippen molar-refractivity contribution < 1.29 is 12.8 Å². The van der Waals surface area contributed by atoms with Crippen molar-refractivity contribution in [2.75, 3.05) is 32.4 Å². The second-order valence-corrected chi connectivity index (χ2v) is 6.25. The van der Waals surface area contributed by atoms with Crippen LogP contribution in [-0.2, 0) is 10.0 Å². The molecule has 0 aliphatic rings. The van der Waals surface area contributed by atoms with Crippen LogP contribution in [-0.4, -0.2) is 40.0 Å². The lowest BCUT2D eigenvalue weighted by atomic mass is 10.3. The molecule has 0 radical (unpaired) electrons. The van der Waals surface area contributed by atoms with Crippen LogP contribution in [0.4, 0.5) is 10.1 Å². The van der Waals surface area contributed by atoms with Gasteiger partial charge in [-0.1, -0.05) is 18.5 Å². The Balaban J connectivity index is 2.89. The van der Waals surface area contributed by atoms with E-state index in [2.05, 4.69) is 4.72 Å². The maximum atomic E-state index is 13.7. The highest BCUT2D eigenvalue weighted by Gasteiger charge is 2.21. The highest BCUT2D eigenvalue weighted by Crippen LogP contribution is 2.25. The van der Waals surface area contributed by atoms with E-state index < -0.39 is 20.7 Å². The minimum atomic E-state index is -3.96. The van der Waals surface area contributed by atoms with Gasteiger partial charge in [0.05, 0.1) is 5.02 Å². The molecule has 0 spiro atoms. The number of nitrogens with two attached hydrogens (primary N) is 1. The van der Waals surface area contributed by atoms with Gasteiger partial charge in [0.15, 0.2) is 5.82 Å². The predicted molar refractivity (Wildman–Crippen MR) is 74.2 cm³/mol. The van der Waals surface area contributed by atoms with E-state index in [1.807, 2.05) is 18.9 Å². The van der Waals surface area contributed by atoms with Crippen LogP contribution in [0.2, 0.25) is 5.02 Å². The summed E-state index contributed by atoms with van der Waals surface area (Å²) in [7, 11) is -2.10. The molecule has 0 saturated carbocycles. The Morgan fingerprint density at radius 2 is 2.11 bits per heavy atom. The van der Waals surface area contributed by atoms with E-state index in [1.54, 1.807) is 0 Å². The lowest BCUT2D eigenvalue weighted by molar-refractivity contribution is 0.358. The van der Waals surface area contributed by atoms with Crippen molar-refractivity contribution >= 4 is 27.3 Å². The molecule has 1 aromatic rings. The second kappa shape index (κ2) is 6.51. The maximum absolute atomic E-state index is 13.7. The molecule has 0 atom stereocenters. The van der Waals surface area contributed by atoms with Crippen LogP contribution in [0, 0.1) is 5.82 Å². The summed E-state index contributed by atoms with van der Waals surface area (Å²) in [6, 6.07) is 2.22. The number of nitrogen functional groups attached to an aromatic ring is 1. The molecule has 19 heavy (non-hydrogen) atoms. The average molecular weight is 310 g/mol. The summed E-state index contributed by atoms with van der Waals surface area (Å²) in [6.45, 7) is 3.44. The highest BCUT2D eigenvalue weighted by atomic mass is 35.5. The third kappa shape index (κ3) is 4.31. The largest absolute Gasteiger partial charge is 0.399 e. The molecular formula is C11H17ClFN3O2S. The molecule has 1 rings (SSSR count). The highest BCUT2D eigenvalue weighted by molar-refractivity contribution is 7.89. The first-order valence-electron chi connectivity index (χ1n) is 5.70. The van der Waals surface area contributed by atoms with Crippen LogP contribution in [0.3, 0.4) is 0 Å². The van der Waals surface area contributed by atoms with E-state index in [0.717, 1.165) is 12.6 Å². The summed E-state index contributed by atoms with van der Waals surface area (Å²) >= 11 is 5.58. The van der Waals surface area contributed by atoms with Gasteiger partial charge >= 0.3 is 0 Å². The van der Waals surface area contributed by atoms with Crippen molar-refractivity contribution in [2.45, 2.75) is 11.8 Å². The van der Waals surface area contributed by atoms with Crippen molar-refractivity contribution in [3.8, 4) is 0 Å². The number of halogens is 2. The molecule has 0 aliphatic carbocycles. The molecule has 3 N–H and O–H groups in total. The normalized spacial score (nSPS) is 12.1. The Labute approximate surface area is 117 Å². The van der Waals surface area contributed by atoms with Crippen LogP contribution in [0.5, 0.6) is 0 Å². The molecule has 0 fully saturated rings. The molecule has 0 heterocycles. The molecule has 0 aliphatic heterocycles. The number of likely N-dealkylation sites (N-methyl/N-ethyl adjacent to an activating group) is 1. The zero-order valence-corrected chi connectivity index (χ0v) is 12.4. The molecule has 108 valence electrons. The third-order valence-electron chi connectivity index (χ3n) is 2.63. The first-order valence-corrected chi connectivity index (χ1v) is 7.56. The van der Waals surface area contributed by atoms with Gasteiger partial charge in [0, 0.05) is 18.8 Å². The first kappa shape index (κ1) is 16.2. The number of benzene rings is 1. The SMILES string of the molecule is CCN(C)CCNS(=O)(=O)c1cc(N)cc(Cl)c1F. The molecule has 0 bridgehead atoms. The number of rotatable bonds is 6. The van der Waals surface area contributed by atoms with Gasteiger partial charge in [0.2, 0.25) is 10.0 Å². The monoisotopic (exact) mass is 309 g/mol. The number of anilines is 1. The summed E-state index contributed by atoms with van der Waals surface area (Å²) in [5.41, 5.74) is 5.57. The van der Waals surface area contributed by atoms with Crippen LogP contribution in [0.1, 0.15) is 6.92 Å². The lowest BCUT2D eigenvalue weighted by Crippen LogP contribution is -2.33. The quantitative estimate of drug-likeness (QED) is 0.777. The molecule has 8 heteroatoms. The summed E-state index contributed by atoms with van der Waals surface area (Å²) in [5.74, 6) is -0.993. The van der Waals surface area contributed by atoms with E-state index in [-0.39, 0.29) is 17.3 Å². The van der Waals surface area contributed by atoms with Gasteiger partial charge in [-0.25, -0.2) is 17.5 Å². The Morgan fingerprint density at radius 1 is 1.47 bits per heavy atom. The Hall–Kier alpha value is -0.890. The van der Waals surface area contributed by atoms with Gasteiger partial charge in [-0.3, -0.25) is 0 Å². The third-order valence-corrected chi connectivity index (χ3v) is 4.37. The molecule has 0 saturated heterocycles. The summed E-state index contributed by atoms with van der Waals surface area (Å²) in [6.07, 6.45) is 0. The Bertz CT molecular complexity index is 551. The summed E-state index contributed by atoms with van der Waals surface area (Å²) in [5, 5.41) is -0.314. The van der Waals surface area contributed by atoms with Gasteiger partial charge in [0.25, 0.3) is 0 Å². The van der Waals surface area contributed by atoms with E-state index in [0.29, 0.717) is 6.54 Å². The fourth-order valence-corrected chi connectivity index (χ4v) is 2.82. The van der Waals surface area contributed by atoms with Gasteiger partial charge in [-0.2, -0.15) is 0 Å². The van der Waals surface area contributed by atoms with Crippen molar-refractivity contribution in [2.24, 2.45) is 0 Å². The molecule has 0 unspecified atom stereocenters. The molecule has 0 amide bonds. The minimum absolute atomic E-state index is 0.0949.